The van der Waals surface area contributed by atoms with Gasteiger partial charge in [0.15, 0.2) is 0 Å². The molecule has 1 aromatic heterocycles. The lowest BCUT2D eigenvalue weighted by Gasteiger charge is -2.14. The summed E-state index contributed by atoms with van der Waals surface area (Å²) in [5.41, 5.74) is 2.75. The molecule has 0 aliphatic heterocycles. The smallest absolute Gasteiger partial charge is 0.419 e. The standard InChI is InChI=1S/C17H24N2O2/c1-4-6-7-14(5-2)11-21-17(20)19-12-18-15-10-13(3)8-9-16(15)19/h8-10,12,14H,4-7,11H2,1-3H3. The predicted molar refractivity (Wildman–Crippen MR) is 84.5 cm³/mol. The minimum atomic E-state index is -0.337. The van der Waals surface area contributed by atoms with Crippen LogP contribution in [0, 0.1) is 12.8 Å². The average molecular weight is 288 g/mol. The fourth-order valence-electron chi connectivity index (χ4n) is 2.42. The number of carbonyl (C=O) groups excluding carboxylic acids is 1. The Hall–Kier alpha value is -1.84. The summed E-state index contributed by atoms with van der Waals surface area (Å²) in [6.07, 6.45) is 5.72. The molecular formula is C17H24N2O2. The minimum absolute atomic E-state index is 0.337. The third-order valence-electron chi connectivity index (χ3n) is 3.89. The normalized spacial score (nSPS) is 12.5. The summed E-state index contributed by atoms with van der Waals surface area (Å²) in [5.74, 6) is 0.450. The second-order valence-corrected chi connectivity index (χ2v) is 5.60. The van der Waals surface area contributed by atoms with Gasteiger partial charge in [-0.1, -0.05) is 39.2 Å². The number of hydrogen-bond acceptors (Lipinski definition) is 3. The summed E-state index contributed by atoms with van der Waals surface area (Å²) >= 11 is 0. The Kier molecular flexibility index (Phi) is 5.37. The number of imidazole rings is 1. The van der Waals surface area contributed by atoms with Gasteiger partial charge in [0.2, 0.25) is 0 Å². The summed E-state index contributed by atoms with van der Waals surface area (Å²) in [4.78, 5) is 16.5. The van der Waals surface area contributed by atoms with Crippen molar-refractivity contribution in [3.05, 3.63) is 30.1 Å². The number of fused-ring (bicyclic) bond motifs is 1. The summed E-state index contributed by atoms with van der Waals surface area (Å²) in [6.45, 7) is 6.82. The molecule has 2 rings (SSSR count). The van der Waals surface area contributed by atoms with E-state index >= 15 is 0 Å². The molecule has 0 fully saturated rings. The number of rotatable bonds is 6. The van der Waals surface area contributed by atoms with E-state index in [0.29, 0.717) is 12.5 Å². The van der Waals surface area contributed by atoms with Crippen molar-refractivity contribution in [1.29, 1.82) is 0 Å². The summed E-state index contributed by atoms with van der Waals surface area (Å²) in [6, 6.07) is 5.85. The number of aromatic nitrogens is 2. The molecule has 1 aromatic carbocycles. The van der Waals surface area contributed by atoms with Gasteiger partial charge in [-0.3, -0.25) is 0 Å². The maximum absolute atomic E-state index is 12.2. The van der Waals surface area contributed by atoms with Gasteiger partial charge in [0, 0.05) is 0 Å². The number of unbranched alkanes of at least 4 members (excludes halogenated alkanes) is 1. The van der Waals surface area contributed by atoms with Crippen molar-refractivity contribution < 1.29 is 9.53 Å². The molecule has 4 heteroatoms. The first kappa shape index (κ1) is 15.5. The summed E-state index contributed by atoms with van der Waals surface area (Å²) < 4.78 is 6.95. The molecular weight excluding hydrogens is 264 g/mol. The van der Waals surface area contributed by atoms with E-state index < -0.39 is 0 Å². The van der Waals surface area contributed by atoms with Crippen LogP contribution >= 0.6 is 0 Å². The number of aryl methyl sites for hydroxylation is 1. The number of nitrogens with zero attached hydrogens (tertiary/aromatic N) is 2. The van der Waals surface area contributed by atoms with Crippen molar-refractivity contribution in [2.24, 2.45) is 5.92 Å². The molecule has 21 heavy (non-hydrogen) atoms. The van der Waals surface area contributed by atoms with E-state index in [1.807, 2.05) is 25.1 Å². The molecule has 114 valence electrons. The molecule has 4 nitrogen and oxygen atoms in total. The van der Waals surface area contributed by atoms with Gasteiger partial charge >= 0.3 is 6.09 Å². The van der Waals surface area contributed by atoms with E-state index in [2.05, 4.69) is 18.8 Å². The largest absolute Gasteiger partial charge is 0.449 e. The van der Waals surface area contributed by atoms with E-state index in [9.17, 15) is 4.79 Å². The van der Waals surface area contributed by atoms with E-state index in [-0.39, 0.29) is 6.09 Å². The first-order chi connectivity index (χ1) is 10.2. The molecule has 2 aromatic rings. The summed E-state index contributed by atoms with van der Waals surface area (Å²) in [7, 11) is 0. The Morgan fingerprint density at radius 1 is 1.38 bits per heavy atom. The Balaban J connectivity index is 2.02. The zero-order valence-electron chi connectivity index (χ0n) is 13.1. The van der Waals surface area contributed by atoms with Crippen LogP contribution in [0.25, 0.3) is 11.0 Å². The highest BCUT2D eigenvalue weighted by molar-refractivity contribution is 5.86. The van der Waals surface area contributed by atoms with Gasteiger partial charge in [0.25, 0.3) is 0 Å². The molecule has 0 saturated heterocycles. The second-order valence-electron chi connectivity index (χ2n) is 5.60. The molecule has 0 radical (unpaired) electrons. The highest BCUT2D eigenvalue weighted by Crippen LogP contribution is 2.16. The molecule has 1 atom stereocenters. The van der Waals surface area contributed by atoms with E-state index in [1.54, 1.807) is 6.33 Å². The third-order valence-corrected chi connectivity index (χ3v) is 3.89. The topological polar surface area (TPSA) is 44.1 Å². The van der Waals surface area contributed by atoms with Gasteiger partial charge in [0.05, 0.1) is 17.6 Å². The first-order valence-corrected chi connectivity index (χ1v) is 7.76. The average Bonchev–Trinajstić information content (AvgIpc) is 2.90. The van der Waals surface area contributed by atoms with Crippen molar-refractivity contribution in [3.8, 4) is 0 Å². The van der Waals surface area contributed by atoms with Crippen molar-refractivity contribution in [3.63, 3.8) is 0 Å². The number of hydrogen-bond donors (Lipinski definition) is 0. The maximum atomic E-state index is 12.2. The molecule has 0 aliphatic carbocycles. The van der Waals surface area contributed by atoms with E-state index in [4.69, 9.17) is 4.74 Å². The molecule has 0 amide bonds. The highest BCUT2D eigenvalue weighted by Gasteiger charge is 2.14. The second kappa shape index (κ2) is 7.25. The monoisotopic (exact) mass is 288 g/mol. The van der Waals surface area contributed by atoms with Crippen LogP contribution in [0.1, 0.15) is 45.1 Å². The molecule has 0 saturated carbocycles. The van der Waals surface area contributed by atoms with Crippen LogP contribution in [0.3, 0.4) is 0 Å². The first-order valence-electron chi connectivity index (χ1n) is 7.76. The maximum Gasteiger partial charge on any atom is 0.419 e. The third kappa shape index (κ3) is 3.84. The van der Waals surface area contributed by atoms with Crippen LogP contribution in [0.5, 0.6) is 0 Å². The zero-order chi connectivity index (χ0) is 15.2. The number of ether oxygens (including phenoxy) is 1. The Morgan fingerprint density at radius 3 is 2.90 bits per heavy atom. The van der Waals surface area contributed by atoms with Gasteiger partial charge < -0.3 is 4.74 Å². The van der Waals surface area contributed by atoms with E-state index in [0.717, 1.165) is 29.4 Å². The van der Waals surface area contributed by atoms with Crippen LogP contribution in [0.15, 0.2) is 24.5 Å². The van der Waals surface area contributed by atoms with Gasteiger partial charge in [-0.2, -0.15) is 0 Å². The van der Waals surface area contributed by atoms with Gasteiger partial charge in [-0.15, -0.1) is 0 Å². The van der Waals surface area contributed by atoms with Crippen molar-refractivity contribution in [1.82, 2.24) is 9.55 Å². The lowest BCUT2D eigenvalue weighted by molar-refractivity contribution is 0.125. The van der Waals surface area contributed by atoms with Gasteiger partial charge in [-0.25, -0.2) is 14.3 Å². The van der Waals surface area contributed by atoms with Crippen LogP contribution in [-0.2, 0) is 4.74 Å². The lowest BCUT2D eigenvalue weighted by Crippen LogP contribution is -2.18. The van der Waals surface area contributed by atoms with Crippen LogP contribution in [0.2, 0.25) is 0 Å². The fraction of sp³-hybridized carbons (Fsp3) is 0.529. The quantitative estimate of drug-likeness (QED) is 0.783. The van der Waals surface area contributed by atoms with E-state index in [1.165, 1.54) is 17.4 Å². The molecule has 0 spiro atoms. The minimum Gasteiger partial charge on any atom is -0.449 e. The molecule has 0 bridgehead atoms. The highest BCUT2D eigenvalue weighted by atomic mass is 16.5. The molecule has 0 aliphatic rings. The van der Waals surface area contributed by atoms with Crippen molar-refractivity contribution in [2.75, 3.05) is 6.61 Å². The SMILES string of the molecule is CCCCC(CC)COC(=O)n1cnc2cc(C)ccc21. The molecule has 1 heterocycles. The fourth-order valence-corrected chi connectivity index (χ4v) is 2.42. The van der Waals surface area contributed by atoms with Crippen molar-refractivity contribution >= 4 is 17.1 Å². The van der Waals surface area contributed by atoms with Crippen LogP contribution in [-0.4, -0.2) is 22.3 Å². The lowest BCUT2D eigenvalue weighted by atomic mass is 10.0. The summed E-state index contributed by atoms with van der Waals surface area (Å²) in [5, 5.41) is 0. The van der Waals surface area contributed by atoms with Crippen LogP contribution in [0.4, 0.5) is 4.79 Å². The Bertz CT molecular complexity index is 604. The van der Waals surface area contributed by atoms with Crippen LogP contribution < -0.4 is 0 Å². The van der Waals surface area contributed by atoms with Gasteiger partial charge in [-0.05, 0) is 37.0 Å². The van der Waals surface area contributed by atoms with Crippen molar-refractivity contribution in [2.45, 2.75) is 46.5 Å². The number of carbonyl (C=O) groups is 1. The zero-order valence-corrected chi connectivity index (χ0v) is 13.1. The molecule has 1 unspecified atom stereocenters. The Labute approximate surface area is 126 Å². The van der Waals surface area contributed by atoms with Gasteiger partial charge in [0.1, 0.15) is 6.33 Å². The molecule has 0 N–H and O–H groups in total. The predicted octanol–water partition coefficient (Wildman–Crippen LogP) is 4.55. The number of benzene rings is 1. The Morgan fingerprint density at radius 2 is 2.19 bits per heavy atom.